The summed E-state index contributed by atoms with van der Waals surface area (Å²) in [5.41, 5.74) is 0.892. The summed E-state index contributed by atoms with van der Waals surface area (Å²) in [7, 11) is 0. The van der Waals surface area contributed by atoms with E-state index >= 15 is 0 Å². The van der Waals surface area contributed by atoms with Crippen LogP contribution >= 0.6 is 11.6 Å². The van der Waals surface area contributed by atoms with Crippen LogP contribution in [0.15, 0.2) is 36.4 Å². The first-order chi connectivity index (χ1) is 8.44. The van der Waals surface area contributed by atoms with Gasteiger partial charge in [-0.1, -0.05) is 41.9 Å². The molecule has 0 aliphatic rings. The van der Waals surface area contributed by atoms with Crippen LogP contribution in [0.5, 0.6) is 0 Å². The van der Waals surface area contributed by atoms with Gasteiger partial charge in [-0.15, -0.1) is 0 Å². The first-order valence-electron chi connectivity index (χ1n) is 5.82. The average Bonchev–Trinajstić information content (AvgIpc) is 2.27. The molecule has 0 amide bonds. The Morgan fingerprint density at radius 1 is 1.06 bits per heavy atom. The molecule has 0 spiro atoms. The topological polar surface area (TPSA) is 37.8 Å². The zero-order valence-corrected chi connectivity index (χ0v) is 11.5. The summed E-state index contributed by atoms with van der Waals surface area (Å²) in [5.74, 6) is 1.37. The van der Waals surface area contributed by atoms with Crippen molar-refractivity contribution in [1.82, 2.24) is 9.97 Å². The number of nitrogens with zero attached hydrogens (tertiary/aromatic N) is 2. The molecule has 0 saturated carbocycles. The molecule has 3 nitrogen and oxygen atoms in total. The molecule has 0 unspecified atom stereocenters. The number of nitrogens with one attached hydrogen (secondary N) is 1. The number of halogens is 1. The number of rotatable bonds is 2. The zero-order valence-electron chi connectivity index (χ0n) is 10.7. The third kappa shape index (κ3) is 3.44. The third-order valence-corrected chi connectivity index (χ3v) is 2.42. The van der Waals surface area contributed by atoms with Crippen LogP contribution in [0.3, 0.4) is 0 Å². The summed E-state index contributed by atoms with van der Waals surface area (Å²) < 4.78 is 0. The van der Waals surface area contributed by atoms with Crippen molar-refractivity contribution in [2.75, 3.05) is 5.32 Å². The SMILES string of the molecule is CC(C)(C)Nc1cc(Cl)nc(-c2ccccc2)n1. The Kier molecular flexibility index (Phi) is 3.53. The molecule has 1 aromatic heterocycles. The van der Waals surface area contributed by atoms with Gasteiger partial charge in [0.15, 0.2) is 5.82 Å². The maximum atomic E-state index is 6.04. The van der Waals surface area contributed by atoms with E-state index in [2.05, 4.69) is 36.1 Å². The largest absolute Gasteiger partial charge is 0.365 e. The number of benzene rings is 1. The molecular weight excluding hydrogens is 246 g/mol. The predicted molar refractivity (Wildman–Crippen MR) is 75.9 cm³/mol. The Balaban J connectivity index is 2.39. The average molecular weight is 262 g/mol. The maximum absolute atomic E-state index is 6.04. The molecule has 0 bridgehead atoms. The highest BCUT2D eigenvalue weighted by molar-refractivity contribution is 6.29. The van der Waals surface area contributed by atoms with E-state index in [1.807, 2.05) is 30.3 Å². The van der Waals surface area contributed by atoms with Gasteiger partial charge in [0.05, 0.1) is 0 Å². The van der Waals surface area contributed by atoms with Crippen LogP contribution in [0.4, 0.5) is 5.82 Å². The highest BCUT2D eigenvalue weighted by Gasteiger charge is 2.12. The number of hydrogen-bond donors (Lipinski definition) is 1. The van der Waals surface area contributed by atoms with Crippen LogP contribution in [0.25, 0.3) is 11.4 Å². The number of aromatic nitrogens is 2. The van der Waals surface area contributed by atoms with Gasteiger partial charge in [0.2, 0.25) is 0 Å². The van der Waals surface area contributed by atoms with Crippen LogP contribution in [0.2, 0.25) is 5.15 Å². The first kappa shape index (κ1) is 12.8. The second kappa shape index (κ2) is 4.94. The molecule has 2 rings (SSSR count). The van der Waals surface area contributed by atoms with Gasteiger partial charge in [0.1, 0.15) is 11.0 Å². The maximum Gasteiger partial charge on any atom is 0.163 e. The molecule has 2 aromatic rings. The van der Waals surface area contributed by atoms with E-state index < -0.39 is 0 Å². The monoisotopic (exact) mass is 261 g/mol. The van der Waals surface area contributed by atoms with E-state index in [9.17, 15) is 0 Å². The summed E-state index contributed by atoms with van der Waals surface area (Å²) in [6, 6.07) is 11.5. The van der Waals surface area contributed by atoms with Crippen LogP contribution < -0.4 is 5.32 Å². The predicted octanol–water partition coefficient (Wildman–Crippen LogP) is 4.01. The fraction of sp³-hybridized carbons (Fsp3) is 0.286. The minimum absolute atomic E-state index is 0.0638. The highest BCUT2D eigenvalue weighted by atomic mass is 35.5. The van der Waals surface area contributed by atoms with Gasteiger partial charge < -0.3 is 5.32 Å². The normalized spacial score (nSPS) is 11.3. The van der Waals surface area contributed by atoms with E-state index in [0.29, 0.717) is 11.0 Å². The highest BCUT2D eigenvalue weighted by Crippen LogP contribution is 2.21. The van der Waals surface area contributed by atoms with Crippen molar-refractivity contribution in [2.45, 2.75) is 26.3 Å². The van der Waals surface area contributed by atoms with Crippen molar-refractivity contribution in [1.29, 1.82) is 0 Å². The molecule has 4 heteroatoms. The molecule has 0 aliphatic carbocycles. The van der Waals surface area contributed by atoms with Crippen molar-refractivity contribution in [3.8, 4) is 11.4 Å². The molecule has 0 aliphatic heterocycles. The van der Waals surface area contributed by atoms with Crippen molar-refractivity contribution in [3.63, 3.8) is 0 Å². The molecule has 1 heterocycles. The molecule has 18 heavy (non-hydrogen) atoms. The lowest BCUT2D eigenvalue weighted by atomic mass is 10.1. The quantitative estimate of drug-likeness (QED) is 0.830. The Bertz CT molecular complexity index is 532. The lowest BCUT2D eigenvalue weighted by Gasteiger charge is -2.21. The molecular formula is C14H16ClN3. The van der Waals surface area contributed by atoms with Gasteiger partial charge in [0, 0.05) is 17.2 Å². The van der Waals surface area contributed by atoms with E-state index in [1.165, 1.54) is 0 Å². The van der Waals surface area contributed by atoms with E-state index in [1.54, 1.807) is 6.07 Å². The van der Waals surface area contributed by atoms with Gasteiger partial charge in [-0.3, -0.25) is 0 Å². The van der Waals surface area contributed by atoms with Gasteiger partial charge in [-0.2, -0.15) is 0 Å². The zero-order chi connectivity index (χ0) is 13.2. The van der Waals surface area contributed by atoms with Crippen LogP contribution in [0, 0.1) is 0 Å². The van der Waals surface area contributed by atoms with Gasteiger partial charge in [0.25, 0.3) is 0 Å². The lowest BCUT2D eigenvalue weighted by molar-refractivity contribution is 0.630. The second-order valence-electron chi connectivity index (χ2n) is 5.14. The Morgan fingerprint density at radius 3 is 2.33 bits per heavy atom. The summed E-state index contributed by atoms with van der Waals surface area (Å²) in [6.07, 6.45) is 0. The van der Waals surface area contributed by atoms with Crippen molar-refractivity contribution in [2.24, 2.45) is 0 Å². The van der Waals surface area contributed by atoms with Gasteiger partial charge in [-0.25, -0.2) is 9.97 Å². The smallest absolute Gasteiger partial charge is 0.163 e. The van der Waals surface area contributed by atoms with E-state index in [4.69, 9.17) is 11.6 Å². The van der Waals surface area contributed by atoms with Gasteiger partial charge in [-0.05, 0) is 20.8 Å². The molecule has 0 saturated heterocycles. The van der Waals surface area contributed by atoms with Crippen LogP contribution in [-0.4, -0.2) is 15.5 Å². The van der Waals surface area contributed by atoms with Crippen molar-refractivity contribution in [3.05, 3.63) is 41.6 Å². The molecule has 1 N–H and O–H groups in total. The summed E-state index contributed by atoms with van der Waals surface area (Å²) in [6.45, 7) is 6.22. The fourth-order valence-electron chi connectivity index (χ4n) is 1.58. The van der Waals surface area contributed by atoms with Gasteiger partial charge >= 0.3 is 0 Å². The number of anilines is 1. The standard InChI is InChI=1S/C14H16ClN3/c1-14(2,3)18-12-9-11(15)16-13(17-12)10-7-5-4-6-8-10/h4-9H,1-3H3,(H,16,17,18). The van der Waals surface area contributed by atoms with Crippen molar-refractivity contribution >= 4 is 17.4 Å². The lowest BCUT2D eigenvalue weighted by Crippen LogP contribution is -2.26. The second-order valence-corrected chi connectivity index (χ2v) is 5.53. The first-order valence-corrected chi connectivity index (χ1v) is 6.20. The van der Waals surface area contributed by atoms with E-state index in [-0.39, 0.29) is 5.54 Å². The molecule has 1 aromatic carbocycles. The Hall–Kier alpha value is -1.61. The van der Waals surface area contributed by atoms with Crippen LogP contribution in [-0.2, 0) is 0 Å². The summed E-state index contributed by atoms with van der Waals surface area (Å²) in [5, 5.41) is 3.74. The molecule has 0 atom stereocenters. The number of hydrogen-bond acceptors (Lipinski definition) is 3. The Labute approximate surface area is 112 Å². The molecule has 0 fully saturated rings. The Morgan fingerprint density at radius 2 is 1.72 bits per heavy atom. The minimum atomic E-state index is -0.0638. The summed E-state index contributed by atoms with van der Waals surface area (Å²) >= 11 is 6.04. The summed E-state index contributed by atoms with van der Waals surface area (Å²) in [4.78, 5) is 8.73. The van der Waals surface area contributed by atoms with Crippen molar-refractivity contribution < 1.29 is 0 Å². The third-order valence-electron chi connectivity index (χ3n) is 2.23. The fourth-order valence-corrected chi connectivity index (χ4v) is 1.77. The van der Waals surface area contributed by atoms with E-state index in [0.717, 1.165) is 11.4 Å². The van der Waals surface area contributed by atoms with Crippen LogP contribution in [0.1, 0.15) is 20.8 Å². The molecule has 94 valence electrons. The minimum Gasteiger partial charge on any atom is -0.365 e. The molecule has 0 radical (unpaired) electrons.